The summed E-state index contributed by atoms with van der Waals surface area (Å²) in [5, 5.41) is 0. The fraction of sp³-hybridized carbons (Fsp3) is 0.100. The average Bonchev–Trinajstić information content (AvgIpc) is 2.53. The molecule has 0 aliphatic rings. The van der Waals surface area contributed by atoms with Crippen LogP contribution in [-0.4, -0.2) is 9.97 Å². The lowest BCUT2D eigenvalue weighted by molar-refractivity contribution is 1.14. The van der Waals surface area contributed by atoms with Gasteiger partial charge < -0.3 is 9.97 Å². The molecule has 0 saturated carbocycles. The summed E-state index contributed by atoms with van der Waals surface area (Å²) in [6, 6.07) is 5.48. The van der Waals surface area contributed by atoms with Gasteiger partial charge in [0, 0.05) is 24.2 Å². The van der Waals surface area contributed by atoms with Crippen LogP contribution in [0.3, 0.4) is 0 Å². The molecule has 2 aromatic heterocycles. The van der Waals surface area contributed by atoms with E-state index < -0.39 is 0 Å². The Hall–Kier alpha value is -1.77. The number of nitrogens with one attached hydrogen (secondary N) is 2. The molecule has 2 aromatic rings. The van der Waals surface area contributed by atoms with Crippen LogP contribution in [0.4, 0.5) is 0 Å². The predicted octanol–water partition coefficient (Wildman–Crippen LogP) is 1.68. The van der Waals surface area contributed by atoms with Gasteiger partial charge in [0.25, 0.3) is 0 Å². The molecular weight excluding hydrogens is 164 g/mol. The maximum atomic E-state index is 11.1. The summed E-state index contributed by atoms with van der Waals surface area (Å²) in [7, 11) is 0. The molecular formula is C10H10N2O. The zero-order chi connectivity index (χ0) is 9.26. The second-order valence-corrected chi connectivity index (χ2v) is 3.02. The van der Waals surface area contributed by atoms with E-state index in [1.165, 1.54) is 0 Å². The molecule has 66 valence electrons. The molecule has 2 heterocycles. The minimum atomic E-state index is -0.0591. The van der Waals surface area contributed by atoms with Crippen molar-refractivity contribution in [2.45, 2.75) is 6.92 Å². The standard InChI is InChI=1S/C10H10N2O/c1-7-4-9(5-10(13)12-7)8-2-3-11-6-8/h2-6,11H,1H3,(H,12,13). The van der Waals surface area contributed by atoms with Crippen molar-refractivity contribution in [1.82, 2.24) is 9.97 Å². The molecule has 0 saturated heterocycles. The number of aromatic nitrogens is 2. The topological polar surface area (TPSA) is 48.6 Å². The van der Waals surface area contributed by atoms with Gasteiger partial charge in [0.2, 0.25) is 5.56 Å². The molecule has 0 spiro atoms. The number of rotatable bonds is 1. The molecule has 0 aliphatic heterocycles. The zero-order valence-corrected chi connectivity index (χ0v) is 7.29. The Labute approximate surface area is 75.4 Å². The SMILES string of the molecule is Cc1cc(-c2cc[nH]c2)cc(=O)[nH]1. The van der Waals surface area contributed by atoms with Crippen LogP contribution < -0.4 is 5.56 Å². The highest BCUT2D eigenvalue weighted by molar-refractivity contribution is 5.62. The van der Waals surface area contributed by atoms with Crippen molar-refractivity contribution in [3.63, 3.8) is 0 Å². The third kappa shape index (κ3) is 1.54. The van der Waals surface area contributed by atoms with E-state index >= 15 is 0 Å². The molecule has 0 aromatic carbocycles. The maximum absolute atomic E-state index is 11.1. The van der Waals surface area contributed by atoms with Gasteiger partial charge in [-0.25, -0.2) is 0 Å². The van der Waals surface area contributed by atoms with E-state index in [0.717, 1.165) is 16.8 Å². The van der Waals surface area contributed by atoms with Crippen LogP contribution in [0.1, 0.15) is 5.69 Å². The van der Waals surface area contributed by atoms with Crippen LogP contribution in [0.5, 0.6) is 0 Å². The monoisotopic (exact) mass is 174 g/mol. The molecule has 0 fully saturated rings. The van der Waals surface area contributed by atoms with Gasteiger partial charge in [-0.3, -0.25) is 4.79 Å². The predicted molar refractivity (Wildman–Crippen MR) is 51.6 cm³/mol. The van der Waals surface area contributed by atoms with Gasteiger partial charge in [-0.1, -0.05) is 0 Å². The highest BCUT2D eigenvalue weighted by Crippen LogP contribution is 2.16. The Bertz CT molecular complexity index is 454. The van der Waals surface area contributed by atoms with E-state index in [1.54, 1.807) is 6.07 Å². The molecule has 13 heavy (non-hydrogen) atoms. The zero-order valence-electron chi connectivity index (χ0n) is 7.29. The van der Waals surface area contributed by atoms with Crippen LogP contribution in [0.25, 0.3) is 11.1 Å². The highest BCUT2D eigenvalue weighted by atomic mass is 16.1. The van der Waals surface area contributed by atoms with E-state index in [0.29, 0.717) is 0 Å². The lowest BCUT2D eigenvalue weighted by Crippen LogP contribution is -2.05. The summed E-state index contributed by atoms with van der Waals surface area (Å²) in [5.74, 6) is 0. The quantitative estimate of drug-likeness (QED) is 0.678. The van der Waals surface area contributed by atoms with Gasteiger partial charge in [0.1, 0.15) is 0 Å². The minimum absolute atomic E-state index is 0.0591. The lowest BCUT2D eigenvalue weighted by atomic mass is 10.1. The van der Waals surface area contributed by atoms with Crippen molar-refractivity contribution in [2.75, 3.05) is 0 Å². The largest absolute Gasteiger partial charge is 0.367 e. The van der Waals surface area contributed by atoms with Crippen LogP contribution in [0.2, 0.25) is 0 Å². The Kier molecular flexibility index (Phi) is 1.77. The summed E-state index contributed by atoms with van der Waals surface area (Å²) in [4.78, 5) is 16.8. The summed E-state index contributed by atoms with van der Waals surface area (Å²) in [6.45, 7) is 1.87. The van der Waals surface area contributed by atoms with Gasteiger partial charge in [0.15, 0.2) is 0 Å². The van der Waals surface area contributed by atoms with Gasteiger partial charge in [-0.2, -0.15) is 0 Å². The summed E-state index contributed by atoms with van der Waals surface area (Å²) in [6.07, 6.45) is 3.71. The Morgan fingerprint density at radius 1 is 1.23 bits per heavy atom. The van der Waals surface area contributed by atoms with Gasteiger partial charge >= 0.3 is 0 Å². The molecule has 3 nitrogen and oxygen atoms in total. The molecule has 0 unspecified atom stereocenters. The van der Waals surface area contributed by atoms with E-state index in [4.69, 9.17) is 0 Å². The highest BCUT2D eigenvalue weighted by Gasteiger charge is 1.98. The first-order valence-electron chi connectivity index (χ1n) is 4.10. The molecule has 0 amide bonds. The molecule has 2 rings (SSSR count). The third-order valence-electron chi connectivity index (χ3n) is 1.91. The van der Waals surface area contributed by atoms with Gasteiger partial charge in [-0.15, -0.1) is 0 Å². The van der Waals surface area contributed by atoms with E-state index in [1.807, 2.05) is 31.5 Å². The van der Waals surface area contributed by atoms with Crippen molar-refractivity contribution >= 4 is 0 Å². The first-order chi connectivity index (χ1) is 6.25. The third-order valence-corrected chi connectivity index (χ3v) is 1.91. The van der Waals surface area contributed by atoms with Crippen molar-refractivity contribution < 1.29 is 0 Å². The van der Waals surface area contributed by atoms with E-state index in [9.17, 15) is 4.79 Å². The second kappa shape index (κ2) is 2.94. The van der Waals surface area contributed by atoms with Crippen molar-refractivity contribution in [1.29, 1.82) is 0 Å². The summed E-state index contributed by atoms with van der Waals surface area (Å²) >= 11 is 0. The first kappa shape index (κ1) is 7.86. The number of hydrogen-bond donors (Lipinski definition) is 2. The lowest BCUT2D eigenvalue weighted by Gasteiger charge is -1.97. The Morgan fingerprint density at radius 2 is 2.08 bits per heavy atom. The number of pyridine rings is 1. The number of H-pyrrole nitrogens is 2. The molecule has 0 aliphatic carbocycles. The molecule has 0 atom stereocenters. The molecule has 0 radical (unpaired) electrons. The smallest absolute Gasteiger partial charge is 0.248 e. The Balaban J connectivity index is 2.59. The van der Waals surface area contributed by atoms with Crippen LogP contribution in [0, 0.1) is 6.92 Å². The molecule has 2 N–H and O–H groups in total. The van der Waals surface area contributed by atoms with Crippen molar-refractivity contribution in [3.8, 4) is 11.1 Å². The number of hydrogen-bond acceptors (Lipinski definition) is 1. The van der Waals surface area contributed by atoms with Crippen LogP contribution >= 0.6 is 0 Å². The Morgan fingerprint density at radius 3 is 2.69 bits per heavy atom. The first-order valence-corrected chi connectivity index (χ1v) is 4.10. The fourth-order valence-electron chi connectivity index (χ4n) is 1.35. The summed E-state index contributed by atoms with van der Waals surface area (Å²) in [5.41, 5.74) is 2.80. The number of aryl methyl sites for hydroxylation is 1. The van der Waals surface area contributed by atoms with Crippen molar-refractivity contribution in [2.24, 2.45) is 0 Å². The molecule has 0 bridgehead atoms. The second-order valence-electron chi connectivity index (χ2n) is 3.02. The minimum Gasteiger partial charge on any atom is -0.367 e. The van der Waals surface area contributed by atoms with Gasteiger partial charge in [0.05, 0.1) is 0 Å². The van der Waals surface area contributed by atoms with E-state index in [-0.39, 0.29) is 5.56 Å². The average molecular weight is 174 g/mol. The van der Waals surface area contributed by atoms with Crippen LogP contribution in [-0.2, 0) is 0 Å². The summed E-state index contributed by atoms with van der Waals surface area (Å²) < 4.78 is 0. The van der Waals surface area contributed by atoms with Gasteiger partial charge in [-0.05, 0) is 30.2 Å². The normalized spacial score (nSPS) is 10.2. The molecule has 3 heteroatoms. The fourth-order valence-corrected chi connectivity index (χ4v) is 1.35. The number of aromatic amines is 2. The van der Waals surface area contributed by atoms with E-state index in [2.05, 4.69) is 9.97 Å². The maximum Gasteiger partial charge on any atom is 0.248 e. The van der Waals surface area contributed by atoms with Crippen molar-refractivity contribution in [3.05, 3.63) is 46.6 Å². The van der Waals surface area contributed by atoms with Crippen LogP contribution in [0.15, 0.2) is 35.4 Å².